The van der Waals surface area contributed by atoms with Crippen molar-refractivity contribution in [3.8, 4) is 5.75 Å². The van der Waals surface area contributed by atoms with Gasteiger partial charge in [-0.25, -0.2) is 4.39 Å². The quantitative estimate of drug-likeness (QED) is 0.808. The molecule has 1 heterocycles. The van der Waals surface area contributed by atoms with Crippen molar-refractivity contribution in [2.75, 3.05) is 26.3 Å². The average Bonchev–Trinajstić information content (AvgIpc) is 2.67. The molecule has 1 atom stereocenters. The van der Waals surface area contributed by atoms with Crippen LogP contribution in [0.3, 0.4) is 0 Å². The monoisotopic (exact) mass is 400 g/mol. The van der Waals surface area contributed by atoms with Crippen LogP contribution in [0.15, 0.2) is 42.5 Å². The van der Waals surface area contributed by atoms with Crippen LogP contribution in [0.4, 0.5) is 4.39 Å². The molecule has 0 radical (unpaired) electrons. The van der Waals surface area contributed by atoms with E-state index in [9.17, 15) is 14.0 Å². The zero-order valence-electron chi connectivity index (χ0n) is 16.6. The number of aryl methyl sites for hydroxylation is 2. The lowest BCUT2D eigenvalue weighted by Gasteiger charge is -2.42. The first-order valence-electron chi connectivity index (χ1n) is 9.46. The molecule has 2 N–H and O–H groups in total. The fraction of sp³-hybridized carbons (Fsp3) is 0.364. The zero-order chi connectivity index (χ0) is 21.0. The predicted octanol–water partition coefficient (Wildman–Crippen LogP) is 2.61. The lowest BCUT2D eigenvalue weighted by Crippen LogP contribution is -2.58. The Kier molecular flexibility index (Phi) is 6.17. The maximum absolute atomic E-state index is 13.2. The number of carbonyl (C=O) groups excluding carboxylic acids is 2. The van der Waals surface area contributed by atoms with Gasteiger partial charge in [0.15, 0.2) is 0 Å². The summed E-state index contributed by atoms with van der Waals surface area (Å²) in [6.45, 7) is 4.65. The highest BCUT2D eigenvalue weighted by molar-refractivity contribution is 5.97. The third-order valence-electron chi connectivity index (χ3n) is 5.04. The SMILES string of the molecule is Cc1cccc(C)c1C(=O)N1CCO[C@@](COc2ccc(F)cc2)(CC(N)=O)C1. The molecule has 2 aromatic carbocycles. The Morgan fingerprint density at radius 3 is 2.45 bits per heavy atom. The van der Waals surface area contributed by atoms with Crippen LogP contribution in [-0.2, 0) is 9.53 Å². The number of hydrogen-bond donors (Lipinski definition) is 1. The number of primary amides is 1. The number of ether oxygens (including phenoxy) is 2. The summed E-state index contributed by atoms with van der Waals surface area (Å²) >= 11 is 0. The molecule has 0 spiro atoms. The molecule has 6 nitrogen and oxygen atoms in total. The largest absolute Gasteiger partial charge is 0.490 e. The number of nitrogens with zero attached hydrogens (tertiary/aromatic N) is 1. The molecule has 1 aliphatic heterocycles. The molecule has 1 fully saturated rings. The van der Waals surface area contributed by atoms with E-state index in [2.05, 4.69) is 0 Å². The molecule has 3 rings (SSSR count). The molecule has 0 aliphatic carbocycles. The Labute approximate surface area is 169 Å². The van der Waals surface area contributed by atoms with Crippen LogP contribution in [0.2, 0.25) is 0 Å². The number of carbonyl (C=O) groups is 2. The van der Waals surface area contributed by atoms with E-state index in [1.165, 1.54) is 24.3 Å². The number of morpholine rings is 1. The summed E-state index contributed by atoms with van der Waals surface area (Å²) in [5.41, 5.74) is 6.83. The number of hydrogen-bond acceptors (Lipinski definition) is 4. The van der Waals surface area contributed by atoms with Gasteiger partial charge < -0.3 is 20.1 Å². The molecular weight excluding hydrogens is 375 g/mol. The normalized spacial score (nSPS) is 19.1. The molecule has 0 bridgehead atoms. The molecule has 2 amide bonds. The van der Waals surface area contributed by atoms with E-state index in [1.807, 2.05) is 32.0 Å². The minimum atomic E-state index is -1.06. The molecule has 154 valence electrons. The highest BCUT2D eigenvalue weighted by Gasteiger charge is 2.41. The summed E-state index contributed by atoms with van der Waals surface area (Å²) in [7, 11) is 0. The lowest BCUT2D eigenvalue weighted by molar-refractivity contribution is -0.142. The molecule has 29 heavy (non-hydrogen) atoms. The van der Waals surface area contributed by atoms with E-state index in [-0.39, 0.29) is 37.9 Å². The standard InChI is InChI=1S/C22H25FN2O4/c1-15-4-3-5-16(2)20(15)21(27)25-10-11-29-22(13-25,12-19(24)26)14-28-18-8-6-17(23)7-9-18/h3-9H,10-14H2,1-2H3,(H2,24,26)/t22-/m0/s1. The van der Waals surface area contributed by atoms with Crippen LogP contribution in [0.25, 0.3) is 0 Å². The van der Waals surface area contributed by atoms with Gasteiger partial charge in [-0.05, 0) is 49.2 Å². The summed E-state index contributed by atoms with van der Waals surface area (Å²) in [6.07, 6.45) is -0.0925. The number of rotatable bonds is 6. The third-order valence-corrected chi connectivity index (χ3v) is 5.04. The Balaban J connectivity index is 1.80. The average molecular weight is 400 g/mol. The number of benzene rings is 2. The lowest BCUT2D eigenvalue weighted by atomic mass is 9.95. The van der Waals surface area contributed by atoms with Gasteiger partial charge in [0.1, 0.15) is 23.8 Å². The second-order valence-corrected chi connectivity index (χ2v) is 7.41. The molecule has 1 saturated heterocycles. The Bertz CT molecular complexity index is 880. The van der Waals surface area contributed by atoms with Crippen LogP contribution in [-0.4, -0.2) is 48.6 Å². The number of amides is 2. The maximum atomic E-state index is 13.2. The van der Waals surface area contributed by atoms with Gasteiger partial charge in [-0.15, -0.1) is 0 Å². The topological polar surface area (TPSA) is 81.9 Å². The minimum Gasteiger partial charge on any atom is -0.490 e. The van der Waals surface area contributed by atoms with Crippen molar-refractivity contribution in [3.05, 3.63) is 65.0 Å². The van der Waals surface area contributed by atoms with Gasteiger partial charge in [0.2, 0.25) is 5.91 Å². The summed E-state index contributed by atoms with van der Waals surface area (Å²) in [4.78, 5) is 26.6. The summed E-state index contributed by atoms with van der Waals surface area (Å²) in [6, 6.07) is 11.3. The Hall–Kier alpha value is -2.93. The first kappa shape index (κ1) is 20.8. The van der Waals surface area contributed by atoms with Crippen molar-refractivity contribution in [3.63, 3.8) is 0 Å². The van der Waals surface area contributed by atoms with Gasteiger partial charge in [-0.1, -0.05) is 18.2 Å². The Morgan fingerprint density at radius 2 is 1.83 bits per heavy atom. The molecule has 0 saturated carbocycles. The first-order chi connectivity index (χ1) is 13.8. The maximum Gasteiger partial charge on any atom is 0.254 e. The number of halogens is 1. The summed E-state index contributed by atoms with van der Waals surface area (Å²) in [5, 5.41) is 0. The van der Waals surface area contributed by atoms with Gasteiger partial charge in [0, 0.05) is 12.1 Å². The van der Waals surface area contributed by atoms with Crippen molar-refractivity contribution in [2.45, 2.75) is 25.9 Å². The fourth-order valence-corrected chi connectivity index (χ4v) is 3.64. The van der Waals surface area contributed by atoms with E-state index in [1.54, 1.807) is 4.90 Å². The third kappa shape index (κ3) is 4.92. The van der Waals surface area contributed by atoms with Gasteiger partial charge in [-0.3, -0.25) is 9.59 Å². The van der Waals surface area contributed by atoms with E-state index < -0.39 is 11.5 Å². The van der Waals surface area contributed by atoms with Crippen LogP contribution in [0.5, 0.6) is 5.75 Å². The molecular formula is C22H25FN2O4. The van der Waals surface area contributed by atoms with Crippen molar-refractivity contribution in [1.29, 1.82) is 0 Å². The first-order valence-corrected chi connectivity index (χ1v) is 9.46. The molecule has 1 aliphatic rings. The Morgan fingerprint density at radius 1 is 1.17 bits per heavy atom. The minimum absolute atomic E-state index is 0.0120. The fourth-order valence-electron chi connectivity index (χ4n) is 3.64. The second kappa shape index (κ2) is 8.61. The molecule has 7 heteroatoms. The van der Waals surface area contributed by atoms with E-state index >= 15 is 0 Å². The van der Waals surface area contributed by atoms with Crippen LogP contribution >= 0.6 is 0 Å². The van der Waals surface area contributed by atoms with E-state index in [0.717, 1.165) is 11.1 Å². The van der Waals surface area contributed by atoms with Gasteiger partial charge in [0.05, 0.1) is 19.6 Å². The van der Waals surface area contributed by atoms with Crippen LogP contribution in [0, 0.1) is 19.7 Å². The predicted molar refractivity (Wildman–Crippen MR) is 106 cm³/mol. The highest BCUT2D eigenvalue weighted by atomic mass is 19.1. The highest BCUT2D eigenvalue weighted by Crippen LogP contribution is 2.26. The van der Waals surface area contributed by atoms with Crippen molar-refractivity contribution in [2.24, 2.45) is 5.73 Å². The van der Waals surface area contributed by atoms with Gasteiger partial charge >= 0.3 is 0 Å². The molecule has 0 aromatic heterocycles. The van der Waals surface area contributed by atoms with Gasteiger partial charge in [0.25, 0.3) is 5.91 Å². The van der Waals surface area contributed by atoms with E-state index in [4.69, 9.17) is 15.2 Å². The van der Waals surface area contributed by atoms with Crippen molar-refractivity contribution >= 4 is 11.8 Å². The van der Waals surface area contributed by atoms with E-state index in [0.29, 0.717) is 17.9 Å². The van der Waals surface area contributed by atoms with Crippen molar-refractivity contribution in [1.82, 2.24) is 4.90 Å². The smallest absolute Gasteiger partial charge is 0.254 e. The van der Waals surface area contributed by atoms with Crippen LogP contribution in [0.1, 0.15) is 27.9 Å². The molecule has 0 unspecified atom stereocenters. The summed E-state index contributed by atoms with van der Waals surface area (Å²) < 4.78 is 24.8. The number of nitrogens with two attached hydrogens (primary N) is 1. The zero-order valence-corrected chi connectivity index (χ0v) is 16.6. The molecule has 2 aromatic rings. The van der Waals surface area contributed by atoms with Gasteiger partial charge in [-0.2, -0.15) is 0 Å². The summed E-state index contributed by atoms with van der Waals surface area (Å²) in [5.74, 6) is -0.589. The van der Waals surface area contributed by atoms with Crippen molar-refractivity contribution < 1.29 is 23.5 Å². The van der Waals surface area contributed by atoms with Crippen LogP contribution < -0.4 is 10.5 Å². The second-order valence-electron chi connectivity index (χ2n) is 7.41.